The van der Waals surface area contributed by atoms with Crippen molar-refractivity contribution in [2.24, 2.45) is 5.73 Å². The molecule has 0 aromatic heterocycles. The predicted octanol–water partition coefficient (Wildman–Crippen LogP) is 3.90. The Morgan fingerprint density at radius 3 is 2.30 bits per heavy atom. The van der Waals surface area contributed by atoms with Gasteiger partial charge in [0.25, 0.3) is 0 Å². The number of ether oxygens (including phenoxy) is 1. The first-order chi connectivity index (χ1) is 10.7. The van der Waals surface area contributed by atoms with Gasteiger partial charge in [-0.2, -0.15) is 22.0 Å². The Bertz CT molecular complexity index is 519. The van der Waals surface area contributed by atoms with Crippen LogP contribution in [-0.2, 0) is 11.3 Å². The SMILES string of the molecule is NC(C#CC(F)(F)CCOCc1ccccc1)CCC(F)(F)F. The molecule has 2 N–H and O–H groups in total. The fourth-order valence-electron chi connectivity index (χ4n) is 1.62. The first-order valence-corrected chi connectivity index (χ1v) is 7.02. The summed E-state index contributed by atoms with van der Waals surface area (Å²) < 4.78 is 67.9. The number of rotatable bonds is 7. The lowest BCUT2D eigenvalue weighted by molar-refractivity contribution is -0.135. The minimum absolute atomic E-state index is 0.204. The number of hydrogen-bond acceptors (Lipinski definition) is 2. The summed E-state index contributed by atoms with van der Waals surface area (Å²) in [4.78, 5) is 0. The lowest BCUT2D eigenvalue weighted by atomic mass is 10.1. The highest BCUT2D eigenvalue weighted by Gasteiger charge is 2.28. The van der Waals surface area contributed by atoms with E-state index in [4.69, 9.17) is 10.5 Å². The highest BCUT2D eigenvalue weighted by molar-refractivity contribution is 5.14. The van der Waals surface area contributed by atoms with E-state index in [-0.39, 0.29) is 13.2 Å². The zero-order valence-electron chi connectivity index (χ0n) is 12.4. The fourth-order valence-corrected chi connectivity index (χ4v) is 1.62. The Hall–Kier alpha value is -1.65. The van der Waals surface area contributed by atoms with Gasteiger partial charge in [0.05, 0.1) is 19.3 Å². The molecule has 0 fully saturated rings. The van der Waals surface area contributed by atoms with Crippen LogP contribution in [0.4, 0.5) is 22.0 Å². The van der Waals surface area contributed by atoms with Gasteiger partial charge in [0.2, 0.25) is 0 Å². The molecule has 0 aliphatic heterocycles. The van der Waals surface area contributed by atoms with Gasteiger partial charge >= 0.3 is 12.1 Å². The van der Waals surface area contributed by atoms with Crippen molar-refractivity contribution in [1.82, 2.24) is 0 Å². The Kier molecular flexibility index (Phi) is 7.46. The molecule has 1 aromatic carbocycles. The molecule has 0 amide bonds. The number of nitrogens with two attached hydrogens (primary N) is 1. The molecule has 1 aromatic rings. The van der Waals surface area contributed by atoms with E-state index in [1.54, 1.807) is 30.2 Å². The van der Waals surface area contributed by atoms with E-state index in [0.717, 1.165) is 5.56 Å². The summed E-state index contributed by atoms with van der Waals surface area (Å²) in [6.45, 7) is -0.0101. The molecular weight excluding hydrogens is 317 g/mol. The van der Waals surface area contributed by atoms with Crippen LogP contribution >= 0.6 is 0 Å². The molecule has 23 heavy (non-hydrogen) atoms. The minimum atomic E-state index is -4.37. The van der Waals surface area contributed by atoms with Gasteiger partial charge in [-0.3, -0.25) is 0 Å². The number of halogens is 5. The molecule has 0 bridgehead atoms. The Labute approximate surface area is 131 Å². The van der Waals surface area contributed by atoms with Gasteiger partial charge in [0.1, 0.15) is 0 Å². The average molecular weight is 335 g/mol. The molecule has 7 heteroatoms. The molecule has 0 saturated carbocycles. The first-order valence-electron chi connectivity index (χ1n) is 7.02. The summed E-state index contributed by atoms with van der Waals surface area (Å²) in [5.74, 6) is 0.274. The molecule has 0 aliphatic carbocycles. The van der Waals surface area contributed by atoms with Gasteiger partial charge in [-0.1, -0.05) is 36.3 Å². The summed E-state index contributed by atoms with van der Waals surface area (Å²) in [6.07, 6.45) is -6.66. The Balaban J connectivity index is 2.31. The van der Waals surface area contributed by atoms with E-state index in [0.29, 0.717) is 0 Å². The third-order valence-corrected chi connectivity index (χ3v) is 2.85. The lowest BCUT2D eigenvalue weighted by Crippen LogP contribution is -2.23. The monoisotopic (exact) mass is 335 g/mol. The maximum atomic E-state index is 13.5. The van der Waals surface area contributed by atoms with Crippen molar-refractivity contribution in [3.63, 3.8) is 0 Å². The predicted molar refractivity (Wildman–Crippen MR) is 76.7 cm³/mol. The van der Waals surface area contributed by atoms with Gasteiger partial charge in [-0.25, -0.2) is 0 Å². The molecule has 1 unspecified atom stereocenters. The second-order valence-electron chi connectivity index (χ2n) is 5.02. The van der Waals surface area contributed by atoms with Gasteiger partial charge in [-0.15, -0.1) is 0 Å². The van der Waals surface area contributed by atoms with Crippen LogP contribution in [0.15, 0.2) is 30.3 Å². The van der Waals surface area contributed by atoms with Crippen molar-refractivity contribution >= 4 is 0 Å². The molecule has 0 heterocycles. The van der Waals surface area contributed by atoms with E-state index >= 15 is 0 Å². The zero-order chi connectivity index (χ0) is 17.3. The summed E-state index contributed by atoms with van der Waals surface area (Å²) in [5, 5.41) is 0. The normalized spacial score (nSPS) is 13.3. The molecule has 1 rings (SSSR count). The third-order valence-electron chi connectivity index (χ3n) is 2.85. The molecule has 0 spiro atoms. The van der Waals surface area contributed by atoms with Crippen molar-refractivity contribution in [1.29, 1.82) is 0 Å². The largest absolute Gasteiger partial charge is 0.389 e. The van der Waals surface area contributed by atoms with Crippen LogP contribution in [0.3, 0.4) is 0 Å². The van der Waals surface area contributed by atoms with Gasteiger partial charge in [0.15, 0.2) is 0 Å². The molecular formula is C16H18F5NO. The third kappa shape index (κ3) is 9.87. The van der Waals surface area contributed by atoms with Crippen LogP contribution in [0.25, 0.3) is 0 Å². The smallest absolute Gasteiger partial charge is 0.377 e. The average Bonchev–Trinajstić information content (AvgIpc) is 2.48. The summed E-state index contributed by atoms with van der Waals surface area (Å²) in [5.41, 5.74) is 6.14. The molecule has 128 valence electrons. The summed E-state index contributed by atoms with van der Waals surface area (Å²) in [7, 11) is 0. The van der Waals surface area contributed by atoms with E-state index < -0.39 is 37.4 Å². The van der Waals surface area contributed by atoms with Crippen molar-refractivity contribution in [3.8, 4) is 11.8 Å². The highest BCUT2D eigenvalue weighted by atomic mass is 19.4. The first kappa shape index (κ1) is 19.4. The maximum absolute atomic E-state index is 13.5. The van der Waals surface area contributed by atoms with E-state index in [9.17, 15) is 22.0 Å². The second-order valence-corrected chi connectivity index (χ2v) is 5.02. The number of benzene rings is 1. The molecule has 0 radical (unpaired) electrons. The highest BCUT2D eigenvalue weighted by Crippen LogP contribution is 2.22. The standard InChI is InChI=1S/C16H18F5NO/c17-15(18,8-6-14(22)7-9-16(19,20)21)10-11-23-12-13-4-2-1-3-5-13/h1-5,14H,7,9-12,22H2. The Morgan fingerprint density at radius 2 is 1.70 bits per heavy atom. The van der Waals surface area contributed by atoms with Gasteiger partial charge < -0.3 is 10.5 Å². The Morgan fingerprint density at radius 1 is 1.04 bits per heavy atom. The van der Waals surface area contributed by atoms with Crippen molar-refractivity contribution < 1.29 is 26.7 Å². The van der Waals surface area contributed by atoms with Gasteiger partial charge in [-0.05, 0) is 17.9 Å². The zero-order valence-corrected chi connectivity index (χ0v) is 12.4. The van der Waals surface area contributed by atoms with Crippen molar-refractivity contribution in [2.45, 2.75) is 44.0 Å². The molecule has 2 nitrogen and oxygen atoms in total. The molecule has 0 aliphatic rings. The van der Waals surface area contributed by atoms with E-state index in [1.807, 2.05) is 12.0 Å². The van der Waals surface area contributed by atoms with Crippen LogP contribution in [0.1, 0.15) is 24.8 Å². The van der Waals surface area contributed by atoms with Crippen LogP contribution in [-0.4, -0.2) is 24.7 Å². The quantitative estimate of drug-likeness (QED) is 0.466. The van der Waals surface area contributed by atoms with Crippen molar-refractivity contribution in [2.75, 3.05) is 6.61 Å². The topological polar surface area (TPSA) is 35.2 Å². The van der Waals surface area contributed by atoms with Crippen LogP contribution in [0.2, 0.25) is 0 Å². The van der Waals surface area contributed by atoms with E-state index in [1.165, 1.54) is 0 Å². The van der Waals surface area contributed by atoms with E-state index in [2.05, 4.69) is 0 Å². The molecule has 1 atom stereocenters. The fraction of sp³-hybridized carbons (Fsp3) is 0.500. The number of hydrogen-bond donors (Lipinski definition) is 1. The van der Waals surface area contributed by atoms with Crippen LogP contribution < -0.4 is 5.73 Å². The summed E-state index contributed by atoms with van der Waals surface area (Å²) >= 11 is 0. The summed E-state index contributed by atoms with van der Waals surface area (Å²) in [6, 6.07) is 7.82. The van der Waals surface area contributed by atoms with Crippen LogP contribution in [0.5, 0.6) is 0 Å². The maximum Gasteiger partial charge on any atom is 0.389 e. The number of alkyl halides is 5. The van der Waals surface area contributed by atoms with Gasteiger partial charge in [0, 0.05) is 12.8 Å². The molecule has 0 saturated heterocycles. The lowest BCUT2D eigenvalue weighted by Gasteiger charge is -2.11. The second kappa shape index (κ2) is 8.85. The van der Waals surface area contributed by atoms with Crippen LogP contribution in [0, 0.1) is 11.8 Å². The minimum Gasteiger partial charge on any atom is -0.377 e. The van der Waals surface area contributed by atoms with Crippen molar-refractivity contribution in [3.05, 3.63) is 35.9 Å².